The second-order valence-electron chi connectivity index (χ2n) is 5.52. The van der Waals surface area contributed by atoms with E-state index in [0.717, 1.165) is 5.56 Å². The number of halogens is 2. The van der Waals surface area contributed by atoms with Crippen molar-refractivity contribution in [2.24, 2.45) is 4.99 Å². The number of furan rings is 1. The molecule has 0 spiro atoms. The molecule has 1 aliphatic rings. The molecule has 0 N–H and O–H groups in total. The maximum Gasteiger partial charge on any atom is 0.363 e. The Morgan fingerprint density at radius 1 is 0.923 bits per heavy atom. The SMILES string of the molecule is O=C1OC(c2ccc(Cl)cc2)=N/C1=C\c1ccc(-c2ccccc2Cl)o1. The first-order valence-electron chi connectivity index (χ1n) is 7.73. The van der Waals surface area contributed by atoms with E-state index in [9.17, 15) is 4.79 Å². The highest BCUT2D eigenvalue weighted by Crippen LogP contribution is 2.30. The van der Waals surface area contributed by atoms with E-state index in [1.54, 1.807) is 42.5 Å². The van der Waals surface area contributed by atoms with Gasteiger partial charge in [0.05, 0.1) is 5.02 Å². The van der Waals surface area contributed by atoms with Crippen LogP contribution in [-0.4, -0.2) is 11.9 Å². The maximum atomic E-state index is 12.1. The van der Waals surface area contributed by atoms with E-state index in [-0.39, 0.29) is 11.6 Å². The van der Waals surface area contributed by atoms with Crippen molar-refractivity contribution in [3.05, 3.63) is 87.7 Å². The van der Waals surface area contributed by atoms with E-state index in [1.807, 2.05) is 18.2 Å². The fourth-order valence-electron chi connectivity index (χ4n) is 2.50. The van der Waals surface area contributed by atoms with Gasteiger partial charge in [-0.05, 0) is 48.5 Å². The molecule has 128 valence electrons. The number of esters is 1. The number of benzene rings is 2. The molecule has 26 heavy (non-hydrogen) atoms. The normalized spacial score (nSPS) is 15.2. The minimum absolute atomic E-state index is 0.162. The van der Waals surface area contributed by atoms with Crippen LogP contribution in [-0.2, 0) is 9.53 Å². The minimum Gasteiger partial charge on any atom is -0.457 e. The van der Waals surface area contributed by atoms with Crippen molar-refractivity contribution in [1.82, 2.24) is 0 Å². The summed E-state index contributed by atoms with van der Waals surface area (Å²) >= 11 is 12.0. The van der Waals surface area contributed by atoms with Gasteiger partial charge in [-0.1, -0.05) is 35.3 Å². The van der Waals surface area contributed by atoms with Gasteiger partial charge in [0.1, 0.15) is 11.5 Å². The van der Waals surface area contributed by atoms with Crippen molar-refractivity contribution in [2.45, 2.75) is 0 Å². The molecule has 2 aromatic carbocycles. The zero-order valence-electron chi connectivity index (χ0n) is 13.3. The molecule has 1 aromatic heterocycles. The van der Waals surface area contributed by atoms with E-state index in [0.29, 0.717) is 27.1 Å². The molecule has 4 rings (SSSR count). The Morgan fingerprint density at radius 2 is 1.69 bits per heavy atom. The fourth-order valence-corrected chi connectivity index (χ4v) is 2.85. The third-order valence-electron chi connectivity index (χ3n) is 3.76. The number of aliphatic imine (C=N–C) groups is 1. The predicted octanol–water partition coefficient (Wildman–Crippen LogP) is 5.60. The summed E-state index contributed by atoms with van der Waals surface area (Å²) < 4.78 is 11.0. The van der Waals surface area contributed by atoms with E-state index >= 15 is 0 Å². The highest BCUT2D eigenvalue weighted by atomic mass is 35.5. The van der Waals surface area contributed by atoms with Crippen molar-refractivity contribution in [3.63, 3.8) is 0 Å². The number of carbonyl (C=O) groups excluding carboxylic acids is 1. The molecule has 4 nitrogen and oxygen atoms in total. The largest absolute Gasteiger partial charge is 0.457 e. The predicted molar refractivity (Wildman–Crippen MR) is 101 cm³/mol. The number of carbonyl (C=O) groups is 1. The van der Waals surface area contributed by atoms with Gasteiger partial charge in [0.2, 0.25) is 5.90 Å². The van der Waals surface area contributed by atoms with E-state index in [1.165, 1.54) is 6.08 Å². The van der Waals surface area contributed by atoms with E-state index in [2.05, 4.69) is 4.99 Å². The van der Waals surface area contributed by atoms with Crippen molar-refractivity contribution in [3.8, 4) is 11.3 Å². The maximum absolute atomic E-state index is 12.1. The average Bonchev–Trinajstić information content (AvgIpc) is 3.24. The number of hydrogen-bond acceptors (Lipinski definition) is 4. The van der Waals surface area contributed by atoms with Gasteiger partial charge in [0.15, 0.2) is 5.70 Å². The standard InChI is InChI=1S/C20H11Cl2NO3/c21-13-7-5-12(6-8-13)19-23-17(20(24)26-19)11-14-9-10-18(25-14)15-3-1-2-4-16(15)22/h1-11H/b17-11-. The first kappa shape index (κ1) is 16.6. The molecule has 0 radical (unpaired) electrons. The van der Waals surface area contributed by atoms with Gasteiger partial charge >= 0.3 is 5.97 Å². The lowest BCUT2D eigenvalue weighted by Gasteiger charge is -1.99. The number of cyclic esters (lactones) is 1. The van der Waals surface area contributed by atoms with Crippen LogP contribution < -0.4 is 0 Å². The second kappa shape index (κ2) is 6.83. The Kier molecular flexibility index (Phi) is 4.37. The zero-order chi connectivity index (χ0) is 18.1. The summed E-state index contributed by atoms with van der Waals surface area (Å²) in [5.74, 6) is 0.783. The van der Waals surface area contributed by atoms with Crippen molar-refractivity contribution >= 4 is 41.1 Å². The van der Waals surface area contributed by atoms with Crippen LogP contribution in [0.15, 0.2) is 75.8 Å². The van der Waals surface area contributed by atoms with Gasteiger partial charge in [-0.15, -0.1) is 0 Å². The molecule has 0 unspecified atom stereocenters. The molecular formula is C20H11Cl2NO3. The first-order chi connectivity index (χ1) is 12.6. The van der Waals surface area contributed by atoms with Crippen molar-refractivity contribution in [2.75, 3.05) is 0 Å². The molecule has 0 atom stereocenters. The Labute approximate surface area is 159 Å². The molecule has 0 fully saturated rings. The van der Waals surface area contributed by atoms with Crippen LogP contribution in [0.25, 0.3) is 17.4 Å². The molecule has 6 heteroatoms. The monoisotopic (exact) mass is 383 g/mol. The number of nitrogens with zero attached hydrogens (tertiary/aromatic N) is 1. The Hall–Kier alpha value is -2.82. The summed E-state index contributed by atoms with van der Waals surface area (Å²) in [6, 6.07) is 17.8. The van der Waals surface area contributed by atoms with Gasteiger partial charge < -0.3 is 9.15 Å². The second-order valence-corrected chi connectivity index (χ2v) is 6.37. The summed E-state index contributed by atoms with van der Waals surface area (Å²) in [4.78, 5) is 16.3. The highest BCUT2D eigenvalue weighted by Gasteiger charge is 2.24. The van der Waals surface area contributed by atoms with E-state index in [4.69, 9.17) is 32.4 Å². The lowest BCUT2D eigenvalue weighted by molar-refractivity contribution is -0.129. The van der Waals surface area contributed by atoms with Gasteiger partial charge in [-0.3, -0.25) is 0 Å². The van der Waals surface area contributed by atoms with Crippen LogP contribution in [0.3, 0.4) is 0 Å². The van der Waals surface area contributed by atoms with Crippen LogP contribution in [0.5, 0.6) is 0 Å². The van der Waals surface area contributed by atoms with Crippen LogP contribution in [0.4, 0.5) is 0 Å². The van der Waals surface area contributed by atoms with Gasteiger partial charge in [-0.2, -0.15) is 0 Å². The number of ether oxygens (including phenoxy) is 1. The molecule has 3 aromatic rings. The number of hydrogen-bond donors (Lipinski definition) is 0. The quantitative estimate of drug-likeness (QED) is 0.436. The first-order valence-corrected chi connectivity index (χ1v) is 8.49. The van der Waals surface area contributed by atoms with Crippen LogP contribution in [0.2, 0.25) is 10.0 Å². The summed E-state index contributed by atoms with van der Waals surface area (Å²) in [7, 11) is 0. The minimum atomic E-state index is -0.536. The third-order valence-corrected chi connectivity index (χ3v) is 4.34. The van der Waals surface area contributed by atoms with Crippen LogP contribution in [0.1, 0.15) is 11.3 Å². The molecular weight excluding hydrogens is 373 g/mol. The lowest BCUT2D eigenvalue weighted by Crippen LogP contribution is -2.05. The van der Waals surface area contributed by atoms with Gasteiger partial charge in [-0.25, -0.2) is 9.79 Å². The molecule has 0 amide bonds. The highest BCUT2D eigenvalue weighted by molar-refractivity contribution is 6.33. The van der Waals surface area contributed by atoms with Gasteiger partial charge in [0.25, 0.3) is 0 Å². The molecule has 1 aliphatic heterocycles. The molecule has 2 heterocycles. The fraction of sp³-hybridized carbons (Fsp3) is 0. The Bertz CT molecular complexity index is 1050. The van der Waals surface area contributed by atoms with E-state index < -0.39 is 5.97 Å². The Morgan fingerprint density at radius 3 is 2.46 bits per heavy atom. The summed E-state index contributed by atoms with van der Waals surface area (Å²) in [5, 5.41) is 1.18. The summed E-state index contributed by atoms with van der Waals surface area (Å²) in [5.41, 5.74) is 1.61. The lowest BCUT2D eigenvalue weighted by atomic mass is 10.2. The molecule has 0 bridgehead atoms. The topological polar surface area (TPSA) is 51.8 Å². The third kappa shape index (κ3) is 3.29. The van der Waals surface area contributed by atoms with Gasteiger partial charge in [0, 0.05) is 22.2 Å². The van der Waals surface area contributed by atoms with Crippen molar-refractivity contribution in [1.29, 1.82) is 0 Å². The number of rotatable bonds is 3. The molecule has 0 saturated carbocycles. The zero-order valence-corrected chi connectivity index (χ0v) is 14.8. The molecule has 0 saturated heterocycles. The van der Waals surface area contributed by atoms with Crippen LogP contribution >= 0.6 is 23.2 Å². The average molecular weight is 384 g/mol. The van der Waals surface area contributed by atoms with Crippen molar-refractivity contribution < 1.29 is 13.9 Å². The van der Waals surface area contributed by atoms with Crippen LogP contribution in [0, 0.1) is 0 Å². The molecule has 0 aliphatic carbocycles. The smallest absolute Gasteiger partial charge is 0.363 e. The summed E-state index contributed by atoms with van der Waals surface area (Å²) in [6.45, 7) is 0. The Balaban J connectivity index is 1.63. The summed E-state index contributed by atoms with van der Waals surface area (Å²) in [6.07, 6.45) is 1.53.